The van der Waals surface area contributed by atoms with Crippen molar-refractivity contribution in [1.29, 1.82) is 0 Å². The van der Waals surface area contributed by atoms with Gasteiger partial charge < -0.3 is 14.7 Å². The van der Waals surface area contributed by atoms with Gasteiger partial charge in [0.2, 0.25) is 5.91 Å². The summed E-state index contributed by atoms with van der Waals surface area (Å²) in [6, 6.07) is 0. The van der Waals surface area contributed by atoms with Crippen molar-refractivity contribution in [2.75, 3.05) is 13.1 Å². The Bertz CT molecular complexity index is 420. The van der Waals surface area contributed by atoms with Gasteiger partial charge in [0.15, 0.2) is 0 Å². The third-order valence-electron chi connectivity index (χ3n) is 4.30. The average molecular weight is 297 g/mol. The summed E-state index contributed by atoms with van der Waals surface area (Å²) >= 11 is 0. The van der Waals surface area contributed by atoms with E-state index in [9.17, 15) is 14.7 Å². The highest BCUT2D eigenvalue weighted by atomic mass is 16.6. The van der Waals surface area contributed by atoms with Crippen molar-refractivity contribution in [2.45, 2.75) is 64.6 Å². The second-order valence-corrected chi connectivity index (χ2v) is 7.49. The molecule has 0 bridgehead atoms. The highest BCUT2D eigenvalue weighted by Crippen LogP contribution is 2.39. The number of esters is 1. The lowest BCUT2D eigenvalue weighted by Crippen LogP contribution is -2.65. The third kappa shape index (κ3) is 3.57. The molecular weight excluding hydrogens is 270 g/mol. The van der Waals surface area contributed by atoms with Gasteiger partial charge in [0, 0.05) is 0 Å². The van der Waals surface area contributed by atoms with Crippen LogP contribution >= 0.6 is 0 Å². The van der Waals surface area contributed by atoms with Crippen LogP contribution in [0, 0.1) is 11.8 Å². The lowest BCUT2D eigenvalue weighted by atomic mass is 9.72. The quantitative estimate of drug-likeness (QED) is 0.803. The molecule has 0 aromatic rings. The van der Waals surface area contributed by atoms with Gasteiger partial charge in [0.25, 0.3) is 0 Å². The van der Waals surface area contributed by atoms with Crippen LogP contribution < -0.4 is 0 Å². The van der Waals surface area contributed by atoms with E-state index in [1.807, 2.05) is 27.7 Å². The Balaban J connectivity index is 1.86. The molecule has 2 fully saturated rings. The molecular formula is C16H27NO4. The van der Waals surface area contributed by atoms with Crippen LogP contribution in [0.2, 0.25) is 0 Å². The Labute approximate surface area is 126 Å². The van der Waals surface area contributed by atoms with Crippen LogP contribution in [0.1, 0.15) is 53.4 Å². The summed E-state index contributed by atoms with van der Waals surface area (Å²) in [7, 11) is 0. The zero-order valence-corrected chi connectivity index (χ0v) is 13.5. The SMILES string of the molecule is CCCC1(O)CN(C(=O)[C@@H]2CC[C@@H]2C(=O)OC(C)(C)C)C1. The van der Waals surface area contributed by atoms with E-state index in [0.717, 1.165) is 25.7 Å². The maximum Gasteiger partial charge on any atom is 0.310 e. The molecule has 21 heavy (non-hydrogen) atoms. The summed E-state index contributed by atoms with van der Waals surface area (Å²) < 4.78 is 5.37. The molecule has 5 nitrogen and oxygen atoms in total. The zero-order chi connectivity index (χ0) is 15.8. The fourth-order valence-corrected chi connectivity index (χ4v) is 3.13. The summed E-state index contributed by atoms with van der Waals surface area (Å²) in [5.41, 5.74) is -1.23. The van der Waals surface area contributed by atoms with Gasteiger partial charge in [-0.05, 0) is 40.0 Å². The highest BCUT2D eigenvalue weighted by molar-refractivity contribution is 5.87. The second kappa shape index (κ2) is 5.59. The summed E-state index contributed by atoms with van der Waals surface area (Å²) in [5.74, 6) is -0.836. The van der Waals surface area contributed by atoms with Gasteiger partial charge in [-0.2, -0.15) is 0 Å². The predicted octanol–water partition coefficient (Wildman–Crippen LogP) is 1.73. The largest absolute Gasteiger partial charge is 0.460 e. The van der Waals surface area contributed by atoms with E-state index in [1.165, 1.54) is 0 Å². The molecule has 120 valence electrons. The van der Waals surface area contributed by atoms with Crippen LogP contribution in [0.25, 0.3) is 0 Å². The maximum absolute atomic E-state index is 12.4. The van der Waals surface area contributed by atoms with Crippen molar-refractivity contribution in [3.63, 3.8) is 0 Å². The minimum Gasteiger partial charge on any atom is -0.460 e. The maximum atomic E-state index is 12.4. The summed E-state index contributed by atoms with van der Waals surface area (Å²) in [4.78, 5) is 26.1. The molecule has 1 saturated heterocycles. The number of carbonyl (C=O) groups is 2. The molecule has 0 radical (unpaired) electrons. The molecule has 0 aromatic carbocycles. The average Bonchev–Trinajstić information content (AvgIpc) is 2.21. The molecule has 1 aliphatic heterocycles. The molecule has 1 heterocycles. The van der Waals surface area contributed by atoms with E-state index in [2.05, 4.69) is 0 Å². The van der Waals surface area contributed by atoms with Crippen LogP contribution in [-0.2, 0) is 14.3 Å². The van der Waals surface area contributed by atoms with E-state index in [-0.39, 0.29) is 23.7 Å². The van der Waals surface area contributed by atoms with Crippen LogP contribution in [-0.4, -0.2) is 46.2 Å². The number of rotatable bonds is 4. The van der Waals surface area contributed by atoms with Gasteiger partial charge in [-0.3, -0.25) is 9.59 Å². The molecule has 2 atom stereocenters. The number of ether oxygens (including phenoxy) is 1. The molecule has 5 heteroatoms. The van der Waals surface area contributed by atoms with E-state index >= 15 is 0 Å². The Hall–Kier alpha value is -1.10. The van der Waals surface area contributed by atoms with Crippen LogP contribution in [0.15, 0.2) is 0 Å². The Morgan fingerprint density at radius 2 is 1.81 bits per heavy atom. The van der Waals surface area contributed by atoms with E-state index in [1.54, 1.807) is 4.90 Å². The first kappa shape index (κ1) is 16.3. The Kier molecular flexibility index (Phi) is 4.34. The van der Waals surface area contributed by atoms with Gasteiger partial charge in [-0.25, -0.2) is 0 Å². The van der Waals surface area contributed by atoms with Gasteiger partial charge in [-0.15, -0.1) is 0 Å². The smallest absolute Gasteiger partial charge is 0.310 e. The molecule has 2 rings (SSSR count). The van der Waals surface area contributed by atoms with E-state index in [4.69, 9.17) is 4.74 Å². The lowest BCUT2D eigenvalue weighted by molar-refractivity contribution is -0.178. The Morgan fingerprint density at radius 1 is 1.24 bits per heavy atom. The topological polar surface area (TPSA) is 66.8 Å². The van der Waals surface area contributed by atoms with Crippen molar-refractivity contribution in [2.24, 2.45) is 11.8 Å². The molecule has 1 N–H and O–H groups in total. The summed E-state index contributed by atoms with van der Waals surface area (Å²) in [6.45, 7) is 8.32. The first-order valence-corrected chi connectivity index (χ1v) is 7.89. The Morgan fingerprint density at radius 3 is 2.24 bits per heavy atom. The van der Waals surface area contributed by atoms with E-state index in [0.29, 0.717) is 13.1 Å². The zero-order valence-electron chi connectivity index (χ0n) is 13.5. The summed E-state index contributed by atoms with van der Waals surface area (Å²) in [6.07, 6.45) is 3.09. The number of aliphatic hydroxyl groups is 1. The third-order valence-corrected chi connectivity index (χ3v) is 4.30. The van der Waals surface area contributed by atoms with Gasteiger partial charge in [0.05, 0.1) is 30.5 Å². The van der Waals surface area contributed by atoms with Crippen molar-refractivity contribution in [1.82, 2.24) is 4.90 Å². The van der Waals surface area contributed by atoms with Crippen molar-refractivity contribution >= 4 is 11.9 Å². The van der Waals surface area contributed by atoms with Gasteiger partial charge >= 0.3 is 5.97 Å². The number of carbonyl (C=O) groups excluding carboxylic acids is 2. The molecule has 1 saturated carbocycles. The number of amides is 1. The number of nitrogens with zero attached hydrogens (tertiary/aromatic N) is 1. The molecule has 2 aliphatic rings. The molecule has 1 aliphatic carbocycles. The first-order valence-electron chi connectivity index (χ1n) is 7.89. The fraction of sp³-hybridized carbons (Fsp3) is 0.875. The van der Waals surface area contributed by atoms with Crippen LogP contribution in [0.3, 0.4) is 0 Å². The fourth-order valence-electron chi connectivity index (χ4n) is 3.13. The van der Waals surface area contributed by atoms with E-state index < -0.39 is 11.2 Å². The lowest BCUT2D eigenvalue weighted by Gasteiger charge is -2.49. The normalized spacial score (nSPS) is 27.6. The minimum atomic E-state index is -0.713. The molecule has 0 aromatic heterocycles. The van der Waals surface area contributed by atoms with Crippen LogP contribution in [0.4, 0.5) is 0 Å². The van der Waals surface area contributed by atoms with Crippen molar-refractivity contribution in [3.05, 3.63) is 0 Å². The molecule has 0 spiro atoms. The molecule has 1 amide bonds. The number of likely N-dealkylation sites (tertiary alicyclic amines) is 1. The minimum absolute atomic E-state index is 0.00196. The van der Waals surface area contributed by atoms with Gasteiger partial charge in [0.1, 0.15) is 5.60 Å². The van der Waals surface area contributed by atoms with Crippen molar-refractivity contribution in [3.8, 4) is 0 Å². The summed E-state index contributed by atoms with van der Waals surface area (Å²) in [5, 5.41) is 10.1. The standard InChI is InChI=1S/C16H27NO4/c1-5-8-16(20)9-17(10-16)13(18)11-6-7-12(11)14(19)21-15(2,3)4/h11-12,20H,5-10H2,1-4H3/t11-,12+/m1/s1. The number of β-amino-alcohol motifs (C(OH)–C–C–N with tert-alkyl or cyclic N) is 1. The number of hydrogen-bond donors (Lipinski definition) is 1. The monoisotopic (exact) mass is 297 g/mol. The highest BCUT2D eigenvalue weighted by Gasteiger charge is 2.50. The molecule has 0 unspecified atom stereocenters. The number of hydrogen-bond acceptors (Lipinski definition) is 4. The second-order valence-electron chi connectivity index (χ2n) is 7.49. The van der Waals surface area contributed by atoms with Crippen LogP contribution in [0.5, 0.6) is 0 Å². The van der Waals surface area contributed by atoms with Gasteiger partial charge in [-0.1, -0.05) is 13.3 Å². The first-order chi connectivity index (χ1) is 9.65. The van der Waals surface area contributed by atoms with Crippen molar-refractivity contribution < 1.29 is 19.4 Å². The predicted molar refractivity (Wildman–Crippen MR) is 78.5 cm³/mol.